The Morgan fingerprint density at radius 3 is 2.53 bits per heavy atom. The summed E-state index contributed by atoms with van der Waals surface area (Å²) < 4.78 is 27.4. The van der Waals surface area contributed by atoms with E-state index in [4.69, 9.17) is 10.5 Å². The van der Waals surface area contributed by atoms with Gasteiger partial charge in [-0.15, -0.1) is 0 Å². The summed E-state index contributed by atoms with van der Waals surface area (Å²) in [5, 5.41) is 2.65. The van der Waals surface area contributed by atoms with Gasteiger partial charge in [0.05, 0.1) is 18.5 Å². The van der Waals surface area contributed by atoms with Crippen molar-refractivity contribution in [1.82, 2.24) is 5.32 Å². The summed E-state index contributed by atoms with van der Waals surface area (Å²) in [4.78, 5) is 11.3. The van der Waals surface area contributed by atoms with Crippen LogP contribution in [0.25, 0.3) is 0 Å². The minimum atomic E-state index is -3.08. The molecule has 0 aliphatic heterocycles. The summed E-state index contributed by atoms with van der Waals surface area (Å²) in [5.74, 6) is -0.361. The topological polar surface area (TPSA) is 98.5 Å². The summed E-state index contributed by atoms with van der Waals surface area (Å²) in [5.41, 5.74) is 5.80. The first-order valence-electron chi connectivity index (χ1n) is 6.68. The van der Waals surface area contributed by atoms with Gasteiger partial charge in [0.15, 0.2) is 0 Å². The lowest BCUT2D eigenvalue weighted by atomic mass is 9.94. The van der Waals surface area contributed by atoms with Crippen LogP contribution in [0.5, 0.6) is 0 Å². The van der Waals surface area contributed by atoms with Crippen molar-refractivity contribution < 1.29 is 17.9 Å². The third kappa shape index (κ3) is 8.18. The second-order valence-electron chi connectivity index (χ2n) is 5.14. The molecule has 0 aromatic rings. The lowest BCUT2D eigenvalue weighted by molar-refractivity contribution is -0.121. The maximum Gasteiger partial charge on any atom is 0.221 e. The lowest BCUT2D eigenvalue weighted by Crippen LogP contribution is -2.33. The first kappa shape index (κ1) is 16.4. The molecule has 0 saturated heterocycles. The molecule has 0 bridgehead atoms. The number of carbonyl (C=O) groups is 1. The maximum atomic E-state index is 11.3. The highest BCUT2D eigenvalue weighted by Gasteiger charge is 2.18. The maximum absolute atomic E-state index is 11.3. The molecular weight excluding hydrogens is 268 g/mol. The number of hydrogen-bond acceptors (Lipinski definition) is 5. The number of carbonyl (C=O) groups excluding carboxylic acids is 1. The highest BCUT2D eigenvalue weighted by molar-refractivity contribution is 7.90. The summed E-state index contributed by atoms with van der Waals surface area (Å²) in [6, 6.07) is 0.301. The Bertz CT molecular complexity index is 375. The van der Waals surface area contributed by atoms with Crippen LogP contribution in [0, 0.1) is 0 Å². The highest BCUT2D eigenvalue weighted by Crippen LogP contribution is 2.19. The van der Waals surface area contributed by atoms with Crippen molar-refractivity contribution >= 4 is 15.7 Å². The van der Waals surface area contributed by atoms with E-state index in [0.717, 1.165) is 31.9 Å². The van der Waals surface area contributed by atoms with Crippen LogP contribution in [0.1, 0.15) is 32.1 Å². The normalized spacial score (nSPS) is 24.1. The van der Waals surface area contributed by atoms with Crippen molar-refractivity contribution in [2.45, 2.75) is 44.2 Å². The second kappa shape index (κ2) is 7.81. The molecule has 6 nitrogen and oxygen atoms in total. The van der Waals surface area contributed by atoms with Crippen molar-refractivity contribution in [3.63, 3.8) is 0 Å². The molecule has 3 N–H and O–H groups in total. The number of hydrogen-bond donors (Lipinski definition) is 2. The third-order valence-corrected chi connectivity index (χ3v) is 4.14. The predicted molar refractivity (Wildman–Crippen MR) is 73.5 cm³/mol. The van der Waals surface area contributed by atoms with E-state index in [-0.39, 0.29) is 24.2 Å². The Balaban J connectivity index is 2.03. The Hall–Kier alpha value is -0.660. The standard InChI is InChI=1S/C12H24N2O4S/c1-19(16,17)9-6-12(15)14-7-8-18-11-4-2-10(13)3-5-11/h10-11H,2-9,13H2,1H3,(H,14,15). The van der Waals surface area contributed by atoms with Crippen LogP contribution in [-0.4, -0.2) is 51.6 Å². The molecule has 0 spiro atoms. The first-order valence-corrected chi connectivity index (χ1v) is 8.74. The van der Waals surface area contributed by atoms with Crippen molar-refractivity contribution in [3.8, 4) is 0 Å². The molecule has 112 valence electrons. The SMILES string of the molecule is CS(=O)(=O)CCC(=O)NCCOC1CCC(N)CC1. The molecule has 1 aliphatic carbocycles. The van der Waals surface area contributed by atoms with Gasteiger partial charge in [0.25, 0.3) is 0 Å². The third-order valence-electron chi connectivity index (χ3n) is 3.20. The molecular formula is C12H24N2O4S. The fourth-order valence-electron chi connectivity index (χ4n) is 2.04. The van der Waals surface area contributed by atoms with Crippen molar-refractivity contribution in [1.29, 1.82) is 0 Å². The van der Waals surface area contributed by atoms with Gasteiger partial charge in [-0.05, 0) is 25.7 Å². The molecule has 0 heterocycles. The van der Waals surface area contributed by atoms with E-state index in [1.54, 1.807) is 0 Å². The van der Waals surface area contributed by atoms with Gasteiger partial charge in [-0.3, -0.25) is 4.79 Å². The molecule has 19 heavy (non-hydrogen) atoms. The monoisotopic (exact) mass is 292 g/mol. The van der Waals surface area contributed by atoms with Crippen LogP contribution in [-0.2, 0) is 19.4 Å². The molecule has 1 aliphatic rings. The number of amides is 1. The smallest absolute Gasteiger partial charge is 0.221 e. The van der Waals surface area contributed by atoms with Crippen LogP contribution in [0.4, 0.5) is 0 Å². The molecule has 0 atom stereocenters. The van der Waals surface area contributed by atoms with Gasteiger partial charge in [0, 0.05) is 25.3 Å². The molecule has 0 aromatic carbocycles. The van der Waals surface area contributed by atoms with Gasteiger partial charge in [-0.2, -0.15) is 0 Å². The van der Waals surface area contributed by atoms with Crippen LogP contribution in [0.2, 0.25) is 0 Å². The number of ether oxygens (including phenoxy) is 1. The van der Waals surface area contributed by atoms with E-state index in [1.165, 1.54) is 0 Å². The average molecular weight is 292 g/mol. The minimum Gasteiger partial charge on any atom is -0.376 e. The number of nitrogens with two attached hydrogens (primary N) is 1. The van der Waals surface area contributed by atoms with Crippen LogP contribution in [0.15, 0.2) is 0 Å². The van der Waals surface area contributed by atoms with Crippen molar-refractivity contribution in [3.05, 3.63) is 0 Å². The van der Waals surface area contributed by atoms with Crippen LogP contribution < -0.4 is 11.1 Å². The highest BCUT2D eigenvalue weighted by atomic mass is 32.2. The Morgan fingerprint density at radius 2 is 1.95 bits per heavy atom. The van der Waals surface area contributed by atoms with Gasteiger partial charge in [-0.1, -0.05) is 0 Å². The van der Waals surface area contributed by atoms with Gasteiger partial charge in [-0.25, -0.2) is 8.42 Å². The average Bonchev–Trinajstić information content (AvgIpc) is 2.33. The Morgan fingerprint density at radius 1 is 1.32 bits per heavy atom. The second-order valence-corrected chi connectivity index (χ2v) is 7.40. The summed E-state index contributed by atoms with van der Waals surface area (Å²) in [6.07, 6.45) is 5.31. The van der Waals surface area contributed by atoms with Crippen molar-refractivity contribution in [2.24, 2.45) is 5.73 Å². The van der Waals surface area contributed by atoms with Gasteiger partial charge < -0.3 is 15.8 Å². The van der Waals surface area contributed by atoms with Crippen LogP contribution >= 0.6 is 0 Å². The Labute approximate surface area is 115 Å². The van der Waals surface area contributed by atoms with E-state index < -0.39 is 9.84 Å². The van der Waals surface area contributed by atoms with E-state index in [1.807, 2.05) is 0 Å². The van der Waals surface area contributed by atoms with Crippen LogP contribution in [0.3, 0.4) is 0 Å². The molecule has 0 aromatic heterocycles. The zero-order valence-corrected chi connectivity index (χ0v) is 12.2. The molecule has 7 heteroatoms. The number of rotatable bonds is 7. The number of sulfone groups is 1. The number of nitrogens with one attached hydrogen (secondary N) is 1. The van der Waals surface area contributed by atoms with E-state index >= 15 is 0 Å². The Kier molecular flexibility index (Phi) is 6.74. The van der Waals surface area contributed by atoms with Crippen molar-refractivity contribution in [2.75, 3.05) is 25.2 Å². The molecule has 0 radical (unpaired) electrons. The fraction of sp³-hybridized carbons (Fsp3) is 0.917. The zero-order valence-electron chi connectivity index (χ0n) is 11.4. The fourth-order valence-corrected chi connectivity index (χ4v) is 2.59. The molecule has 0 unspecified atom stereocenters. The van der Waals surface area contributed by atoms with E-state index in [0.29, 0.717) is 19.2 Å². The zero-order chi connectivity index (χ0) is 14.3. The molecule has 1 saturated carbocycles. The summed E-state index contributed by atoms with van der Waals surface area (Å²) in [6.45, 7) is 0.885. The largest absolute Gasteiger partial charge is 0.376 e. The molecule has 1 amide bonds. The van der Waals surface area contributed by atoms with E-state index in [2.05, 4.69) is 5.32 Å². The van der Waals surface area contributed by atoms with Gasteiger partial charge >= 0.3 is 0 Å². The summed E-state index contributed by atoms with van der Waals surface area (Å²) >= 11 is 0. The van der Waals surface area contributed by atoms with Gasteiger partial charge in [0.1, 0.15) is 9.84 Å². The first-order chi connectivity index (χ1) is 8.87. The predicted octanol–water partition coefficient (Wildman–Crippen LogP) is -0.176. The lowest BCUT2D eigenvalue weighted by Gasteiger charge is -2.26. The quantitative estimate of drug-likeness (QED) is 0.634. The van der Waals surface area contributed by atoms with Gasteiger partial charge in [0.2, 0.25) is 5.91 Å². The minimum absolute atomic E-state index is 0.0110. The van der Waals surface area contributed by atoms with E-state index in [9.17, 15) is 13.2 Å². The summed E-state index contributed by atoms with van der Waals surface area (Å²) in [7, 11) is -3.08. The molecule has 1 fully saturated rings. The molecule has 1 rings (SSSR count).